The lowest BCUT2D eigenvalue weighted by Gasteiger charge is -2.09. The minimum Gasteiger partial charge on any atom is -0.369 e. The second-order valence-electron chi connectivity index (χ2n) is 4.31. The normalized spacial score (nSPS) is 10.8. The van der Waals surface area contributed by atoms with Gasteiger partial charge < -0.3 is 16.0 Å². The molecule has 0 fully saturated rings. The minimum absolute atomic E-state index is 0.0496. The monoisotopic (exact) mass is 255 g/mol. The van der Waals surface area contributed by atoms with Gasteiger partial charge >= 0.3 is 0 Å². The van der Waals surface area contributed by atoms with Crippen LogP contribution in [-0.2, 0) is 0 Å². The van der Waals surface area contributed by atoms with Crippen molar-refractivity contribution in [1.29, 1.82) is 0 Å². The molecule has 0 saturated heterocycles. The molecule has 0 saturated carbocycles. The molecule has 0 aliphatic heterocycles. The molecule has 19 heavy (non-hydrogen) atoms. The highest BCUT2D eigenvalue weighted by Gasteiger charge is 2.02. The number of nitrogens with two attached hydrogens (primary N) is 2. The van der Waals surface area contributed by atoms with Gasteiger partial charge in [-0.3, -0.25) is 0 Å². The Morgan fingerprint density at radius 1 is 1.00 bits per heavy atom. The Labute approximate surface area is 112 Å². The first-order valence-electron chi connectivity index (χ1n) is 5.95. The Kier molecular flexibility index (Phi) is 3.66. The van der Waals surface area contributed by atoms with Crippen LogP contribution in [-0.4, -0.2) is 16.7 Å². The SMILES string of the molecule is Cc1ccc(C)n1-c1ccc(C=NN=C(N)N)cc1. The van der Waals surface area contributed by atoms with Crippen LogP contribution in [0, 0.1) is 13.8 Å². The van der Waals surface area contributed by atoms with Crippen LogP contribution in [0.3, 0.4) is 0 Å². The summed E-state index contributed by atoms with van der Waals surface area (Å²) in [6.07, 6.45) is 1.61. The number of hydrogen-bond acceptors (Lipinski definition) is 2. The molecule has 0 spiro atoms. The summed E-state index contributed by atoms with van der Waals surface area (Å²) in [4.78, 5) is 0. The molecule has 0 radical (unpaired) electrons. The number of aryl methyl sites for hydroxylation is 2. The number of benzene rings is 1. The van der Waals surface area contributed by atoms with E-state index in [1.807, 2.05) is 24.3 Å². The summed E-state index contributed by atoms with van der Waals surface area (Å²) in [5.41, 5.74) is 14.9. The largest absolute Gasteiger partial charge is 0.369 e. The van der Waals surface area contributed by atoms with Gasteiger partial charge in [0.15, 0.2) is 0 Å². The minimum atomic E-state index is -0.0496. The van der Waals surface area contributed by atoms with Gasteiger partial charge in [0.1, 0.15) is 0 Å². The van der Waals surface area contributed by atoms with Crippen molar-refractivity contribution in [1.82, 2.24) is 4.57 Å². The van der Waals surface area contributed by atoms with Gasteiger partial charge in [-0.25, -0.2) is 0 Å². The van der Waals surface area contributed by atoms with E-state index in [1.54, 1.807) is 6.21 Å². The molecule has 0 bridgehead atoms. The van der Waals surface area contributed by atoms with Crippen molar-refractivity contribution in [3.05, 3.63) is 53.3 Å². The maximum absolute atomic E-state index is 5.19. The maximum atomic E-state index is 5.19. The third-order valence-electron chi connectivity index (χ3n) is 2.80. The first kappa shape index (κ1) is 12.9. The molecule has 98 valence electrons. The lowest BCUT2D eigenvalue weighted by atomic mass is 10.2. The van der Waals surface area contributed by atoms with E-state index < -0.39 is 0 Å². The van der Waals surface area contributed by atoms with Crippen molar-refractivity contribution in [2.24, 2.45) is 21.7 Å². The average molecular weight is 255 g/mol. The Balaban J connectivity index is 2.24. The molecule has 2 rings (SSSR count). The van der Waals surface area contributed by atoms with E-state index >= 15 is 0 Å². The van der Waals surface area contributed by atoms with Crippen molar-refractivity contribution in [3.8, 4) is 5.69 Å². The van der Waals surface area contributed by atoms with E-state index in [0.717, 1.165) is 11.3 Å². The van der Waals surface area contributed by atoms with Crippen LogP contribution < -0.4 is 11.5 Å². The summed E-state index contributed by atoms with van der Waals surface area (Å²) in [5, 5.41) is 7.33. The zero-order chi connectivity index (χ0) is 13.8. The van der Waals surface area contributed by atoms with E-state index in [2.05, 4.69) is 40.8 Å². The average Bonchev–Trinajstić information content (AvgIpc) is 2.70. The number of guanidine groups is 1. The van der Waals surface area contributed by atoms with Gasteiger partial charge in [0.2, 0.25) is 5.96 Å². The number of hydrogen-bond donors (Lipinski definition) is 2. The molecule has 5 nitrogen and oxygen atoms in total. The van der Waals surface area contributed by atoms with Crippen LogP contribution in [0.2, 0.25) is 0 Å². The topological polar surface area (TPSA) is 81.7 Å². The molecule has 4 N–H and O–H groups in total. The van der Waals surface area contributed by atoms with Crippen molar-refractivity contribution in [2.45, 2.75) is 13.8 Å². The van der Waals surface area contributed by atoms with Gasteiger partial charge in [-0.1, -0.05) is 12.1 Å². The van der Waals surface area contributed by atoms with Gasteiger partial charge in [0, 0.05) is 17.1 Å². The summed E-state index contributed by atoms with van der Waals surface area (Å²) in [6, 6.07) is 12.2. The van der Waals surface area contributed by atoms with Gasteiger partial charge in [0.25, 0.3) is 0 Å². The molecule has 1 aromatic carbocycles. The summed E-state index contributed by atoms with van der Waals surface area (Å²) in [5.74, 6) is -0.0496. The highest BCUT2D eigenvalue weighted by molar-refractivity contribution is 5.81. The summed E-state index contributed by atoms with van der Waals surface area (Å²) >= 11 is 0. The summed E-state index contributed by atoms with van der Waals surface area (Å²) in [7, 11) is 0. The van der Waals surface area contributed by atoms with Crippen LogP contribution in [0.5, 0.6) is 0 Å². The fourth-order valence-electron chi connectivity index (χ4n) is 1.95. The Hall–Kier alpha value is -2.56. The Bertz CT molecular complexity index is 596. The van der Waals surface area contributed by atoms with Crippen LogP contribution >= 0.6 is 0 Å². The zero-order valence-electron chi connectivity index (χ0n) is 11.0. The molecular formula is C14H17N5. The molecule has 0 aliphatic rings. The molecule has 0 amide bonds. The van der Waals surface area contributed by atoms with E-state index in [9.17, 15) is 0 Å². The van der Waals surface area contributed by atoms with Crippen LogP contribution in [0.4, 0.5) is 0 Å². The number of rotatable bonds is 3. The fraction of sp³-hybridized carbons (Fsp3) is 0.143. The summed E-state index contributed by atoms with van der Waals surface area (Å²) in [6.45, 7) is 4.17. The van der Waals surface area contributed by atoms with Gasteiger partial charge in [-0.05, 0) is 43.7 Å². The molecule has 0 atom stereocenters. The highest BCUT2D eigenvalue weighted by atomic mass is 15.3. The Morgan fingerprint density at radius 3 is 2.11 bits per heavy atom. The molecule has 0 unspecified atom stereocenters. The highest BCUT2D eigenvalue weighted by Crippen LogP contribution is 2.16. The van der Waals surface area contributed by atoms with Gasteiger partial charge in [-0.15, -0.1) is 5.10 Å². The zero-order valence-corrected chi connectivity index (χ0v) is 11.0. The quantitative estimate of drug-likeness (QED) is 0.497. The van der Waals surface area contributed by atoms with Crippen LogP contribution in [0.1, 0.15) is 17.0 Å². The van der Waals surface area contributed by atoms with E-state index in [0.29, 0.717) is 0 Å². The predicted octanol–water partition coefficient (Wildman–Crippen LogP) is 1.70. The standard InChI is InChI=1S/C14H17N5/c1-10-3-4-11(2)19(10)13-7-5-12(6-8-13)9-17-18-14(15)16/h3-9H,1-2H3,(H4,15,16,18). The maximum Gasteiger partial charge on any atom is 0.211 e. The summed E-state index contributed by atoms with van der Waals surface area (Å²) < 4.78 is 2.19. The predicted molar refractivity (Wildman–Crippen MR) is 78.6 cm³/mol. The first-order valence-corrected chi connectivity index (χ1v) is 5.95. The third-order valence-corrected chi connectivity index (χ3v) is 2.80. The van der Waals surface area contributed by atoms with Crippen LogP contribution in [0.15, 0.2) is 46.6 Å². The third kappa shape index (κ3) is 3.01. The van der Waals surface area contributed by atoms with E-state index in [4.69, 9.17) is 11.5 Å². The molecule has 0 aliphatic carbocycles. The van der Waals surface area contributed by atoms with Crippen molar-refractivity contribution < 1.29 is 0 Å². The lowest BCUT2D eigenvalue weighted by Crippen LogP contribution is -2.21. The van der Waals surface area contributed by atoms with Crippen molar-refractivity contribution in [3.63, 3.8) is 0 Å². The van der Waals surface area contributed by atoms with Crippen molar-refractivity contribution in [2.75, 3.05) is 0 Å². The van der Waals surface area contributed by atoms with E-state index in [1.165, 1.54) is 11.4 Å². The van der Waals surface area contributed by atoms with Gasteiger partial charge in [-0.2, -0.15) is 5.10 Å². The molecule has 1 aromatic heterocycles. The van der Waals surface area contributed by atoms with E-state index in [-0.39, 0.29) is 5.96 Å². The van der Waals surface area contributed by atoms with Gasteiger partial charge in [0.05, 0.1) is 6.21 Å². The fourth-order valence-corrected chi connectivity index (χ4v) is 1.95. The molecule has 1 heterocycles. The first-order chi connectivity index (χ1) is 9.08. The number of nitrogens with zero attached hydrogens (tertiary/aromatic N) is 3. The second kappa shape index (κ2) is 5.39. The molecular weight excluding hydrogens is 238 g/mol. The number of aromatic nitrogens is 1. The van der Waals surface area contributed by atoms with Crippen LogP contribution in [0.25, 0.3) is 5.69 Å². The smallest absolute Gasteiger partial charge is 0.211 e. The second-order valence-corrected chi connectivity index (χ2v) is 4.31. The lowest BCUT2D eigenvalue weighted by molar-refractivity contribution is 0.966. The Morgan fingerprint density at radius 2 is 1.58 bits per heavy atom. The van der Waals surface area contributed by atoms with Crippen molar-refractivity contribution >= 4 is 12.2 Å². The molecule has 2 aromatic rings. The molecule has 5 heteroatoms.